The molecule has 1 aliphatic rings. The molecule has 0 bridgehead atoms. The van der Waals surface area contributed by atoms with Crippen molar-refractivity contribution in [2.75, 3.05) is 33.3 Å². The summed E-state index contributed by atoms with van der Waals surface area (Å²) in [7, 11) is 1.40. The standard InChI is InChI=1S/C18H20FN3O3/c1-25-16-3-2-13(10-15(16)19)11-17(23)21-6-8-22(9-7-21)18(24)14-4-5-20-12-14/h2-5,10,12,20H,6-9,11H2,1H3. The summed E-state index contributed by atoms with van der Waals surface area (Å²) in [4.78, 5) is 31.0. The number of aromatic amines is 1. The maximum atomic E-state index is 13.7. The molecule has 1 saturated heterocycles. The lowest BCUT2D eigenvalue weighted by molar-refractivity contribution is -0.131. The molecule has 0 aliphatic carbocycles. The van der Waals surface area contributed by atoms with Gasteiger partial charge < -0.3 is 19.5 Å². The Balaban J connectivity index is 1.55. The van der Waals surface area contributed by atoms with E-state index in [1.807, 2.05) is 0 Å². The van der Waals surface area contributed by atoms with Crippen LogP contribution in [0.1, 0.15) is 15.9 Å². The summed E-state index contributed by atoms with van der Waals surface area (Å²) >= 11 is 0. The second-order valence-electron chi connectivity index (χ2n) is 5.92. The average molecular weight is 345 g/mol. The van der Waals surface area contributed by atoms with E-state index in [0.717, 1.165) is 0 Å². The smallest absolute Gasteiger partial charge is 0.255 e. The lowest BCUT2D eigenvalue weighted by Crippen LogP contribution is -2.50. The number of carbonyl (C=O) groups excluding carboxylic acids is 2. The number of hydrogen-bond donors (Lipinski definition) is 1. The highest BCUT2D eigenvalue weighted by Gasteiger charge is 2.25. The van der Waals surface area contributed by atoms with Crippen LogP contribution in [0.25, 0.3) is 0 Å². The monoisotopic (exact) mass is 345 g/mol. The third-order valence-corrected chi connectivity index (χ3v) is 4.34. The summed E-state index contributed by atoms with van der Waals surface area (Å²) in [5.74, 6) is -0.424. The zero-order chi connectivity index (χ0) is 17.8. The molecule has 7 heteroatoms. The number of rotatable bonds is 4. The minimum absolute atomic E-state index is 0.0365. The first-order chi connectivity index (χ1) is 12.1. The van der Waals surface area contributed by atoms with Crippen LogP contribution >= 0.6 is 0 Å². The molecule has 2 aromatic rings. The topological polar surface area (TPSA) is 65.6 Å². The van der Waals surface area contributed by atoms with Crippen molar-refractivity contribution in [3.05, 3.63) is 53.6 Å². The van der Waals surface area contributed by atoms with Gasteiger partial charge in [-0.25, -0.2) is 4.39 Å². The maximum Gasteiger partial charge on any atom is 0.255 e. The van der Waals surface area contributed by atoms with Crippen LogP contribution in [-0.2, 0) is 11.2 Å². The second kappa shape index (κ2) is 7.38. The van der Waals surface area contributed by atoms with E-state index in [1.54, 1.807) is 34.3 Å². The molecule has 3 rings (SSSR count). The Morgan fingerprint density at radius 1 is 1.16 bits per heavy atom. The van der Waals surface area contributed by atoms with Crippen LogP contribution in [0.3, 0.4) is 0 Å². The highest BCUT2D eigenvalue weighted by Crippen LogP contribution is 2.18. The summed E-state index contributed by atoms with van der Waals surface area (Å²) in [6, 6.07) is 6.26. The van der Waals surface area contributed by atoms with Gasteiger partial charge in [0.25, 0.3) is 5.91 Å². The summed E-state index contributed by atoms with van der Waals surface area (Å²) < 4.78 is 18.6. The normalized spacial score (nSPS) is 14.5. The van der Waals surface area contributed by atoms with Gasteiger partial charge in [-0.2, -0.15) is 0 Å². The fraction of sp³-hybridized carbons (Fsp3) is 0.333. The van der Waals surface area contributed by atoms with Gasteiger partial charge in [0.15, 0.2) is 11.6 Å². The molecule has 0 atom stereocenters. The van der Waals surface area contributed by atoms with E-state index in [0.29, 0.717) is 37.3 Å². The van der Waals surface area contributed by atoms with Gasteiger partial charge in [-0.3, -0.25) is 9.59 Å². The van der Waals surface area contributed by atoms with Gasteiger partial charge in [-0.05, 0) is 23.8 Å². The fourth-order valence-electron chi connectivity index (χ4n) is 2.90. The van der Waals surface area contributed by atoms with Gasteiger partial charge in [0.1, 0.15) is 0 Å². The Morgan fingerprint density at radius 2 is 1.88 bits per heavy atom. The molecule has 1 N–H and O–H groups in total. The van der Waals surface area contributed by atoms with Crippen molar-refractivity contribution in [2.24, 2.45) is 0 Å². The molecule has 6 nitrogen and oxygen atoms in total. The molecule has 1 fully saturated rings. The minimum atomic E-state index is -0.477. The largest absolute Gasteiger partial charge is 0.494 e. The van der Waals surface area contributed by atoms with Gasteiger partial charge in [0.2, 0.25) is 5.91 Å². The van der Waals surface area contributed by atoms with Gasteiger partial charge in [-0.15, -0.1) is 0 Å². The van der Waals surface area contributed by atoms with Gasteiger partial charge in [0.05, 0.1) is 19.1 Å². The van der Waals surface area contributed by atoms with Crippen molar-refractivity contribution in [3.63, 3.8) is 0 Å². The van der Waals surface area contributed by atoms with Crippen LogP contribution < -0.4 is 4.74 Å². The van der Waals surface area contributed by atoms with Crippen LogP contribution in [0, 0.1) is 5.82 Å². The number of methoxy groups -OCH3 is 1. The molecule has 0 radical (unpaired) electrons. The number of nitrogens with zero attached hydrogens (tertiary/aromatic N) is 2. The second-order valence-corrected chi connectivity index (χ2v) is 5.92. The van der Waals surface area contributed by atoms with Crippen molar-refractivity contribution in [3.8, 4) is 5.75 Å². The Morgan fingerprint density at radius 3 is 2.48 bits per heavy atom. The van der Waals surface area contributed by atoms with E-state index < -0.39 is 5.82 Å². The number of halogens is 1. The van der Waals surface area contributed by atoms with Crippen LogP contribution in [0.15, 0.2) is 36.7 Å². The number of nitrogens with one attached hydrogen (secondary N) is 1. The Hall–Kier alpha value is -2.83. The number of piperazine rings is 1. The number of amides is 2. The van der Waals surface area contributed by atoms with Gasteiger partial charge in [-0.1, -0.05) is 6.07 Å². The molecule has 0 unspecified atom stereocenters. The SMILES string of the molecule is COc1ccc(CC(=O)N2CCN(C(=O)c3cc[nH]c3)CC2)cc1F. The molecule has 1 aliphatic heterocycles. The molecular weight excluding hydrogens is 325 g/mol. The highest BCUT2D eigenvalue weighted by atomic mass is 19.1. The third-order valence-electron chi connectivity index (χ3n) is 4.34. The highest BCUT2D eigenvalue weighted by molar-refractivity contribution is 5.94. The molecule has 1 aromatic heterocycles. The summed E-state index contributed by atoms with van der Waals surface area (Å²) in [5.41, 5.74) is 1.22. The van der Waals surface area contributed by atoms with E-state index in [2.05, 4.69) is 4.98 Å². The van der Waals surface area contributed by atoms with E-state index >= 15 is 0 Å². The molecule has 1 aromatic carbocycles. The number of carbonyl (C=O) groups is 2. The van der Waals surface area contributed by atoms with Crippen molar-refractivity contribution < 1.29 is 18.7 Å². The van der Waals surface area contributed by atoms with Crippen molar-refractivity contribution in [2.45, 2.75) is 6.42 Å². The van der Waals surface area contributed by atoms with E-state index in [4.69, 9.17) is 4.74 Å². The first-order valence-electron chi connectivity index (χ1n) is 8.10. The number of H-pyrrole nitrogens is 1. The zero-order valence-corrected chi connectivity index (χ0v) is 14.0. The molecule has 132 valence electrons. The van der Waals surface area contributed by atoms with Crippen LogP contribution in [0.4, 0.5) is 4.39 Å². The molecule has 0 saturated carbocycles. The van der Waals surface area contributed by atoms with Crippen LogP contribution in [0.5, 0.6) is 5.75 Å². The average Bonchev–Trinajstić information content (AvgIpc) is 3.16. The summed E-state index contributed by atoms with van der Waals surface area (Å²) in [6.45, 7) is 1.95. The molecule has 0 spiro atoms. The van der Waals surface area contributed by atoms with E-state index in [-0.39, 0.29) is 24.0 Å². The fourth-order valence-corrected chi connectivity index (χ4v) is 2.90. The van der Waals surface area contributed by atoms with Crippen molar-refractivity contribution in [1.82, 2.24) is 14.8 Å². The summed E-state index contributed by atoms with van der Waals surface area (Å²) in [6.07, 6.45) is 3.51. The summed E-state index contributed by atoms with van der Waals surface area (Å²) in [5, 5.41) is 0. The predicted molar refractivity (Wildman–Crippen MR) is 89.9 cm³/mol. The molecule has 25 heavy (non-hydrogen) atoms. The first kappa shape index (κ1) is 17.0. The number of aromatic nitrogens is 1. The number of benzene rings is 1. The number of hydrogen-bond acceptors (Lipinski definition) is 3. The minimum Gasteiger partial charge on any atom is -0.494 e. The van der Waals surface area contributed by atoms with Crippen molar-refractivity contribution in [1.29, 1.82) is 0 Å². The zero-order valence-electron chi connectivity index (χ0n) is 14.0. The van der Waals surface area contributed by atoms with E-state index in [1.165, 1.54) is 19.2 Å². The Labute approximate surface area is 145 Å². The number of ether oxygens (including phenoxy) is 1. The maximum absolute atomic E-state index is 13.7. The molecule has 2 heterocycles. The lowest BCUT2D eigenvalue weighted by Gasteiger charge is -2.34. The molecule has 2 amide bonds. The van der Waals surface area contributed by atoms with Crippen LogP contribution in [0.2, 0.25) is 0 Å². The van der Waals surface area contributed by atoms with Gasteiger partial charge in [0, 0.05) is 38.6 Å². The Kier molecular flexibility index (Phi) is 5.02. The van der Waals surface area contributed by atoms with Crippen LogP contribution in [-0.4, -0.2) is 59.9 Å². The third kappa shape index (κ3) is 3.81. The van der Waals surface area contributed by atoms with Gasteiger partial charge >= 0.3 is 0 Å². The van der Waals surface area contributed by atoms with E-state index in [9.17, 15) is 14.0 Å². The van der Waals surface area contributed by atoms with Crippen molar-refractivity contribution >= 4 is 11.8 Å². The predicted octanol–water partition coefficient (Wildman–Crippen LogP) is 1.69. The lowest BCUT2D eigenvalue weighted by atomic mass is 10.1. The molecular formula is C18H20FN3O3. The first-order valence-corrected chi connectivity index (χ1v) is 8.10. The quantitative estimate of drug-likeness (QED) is 0.917. The Bertz CT molecular complexity index is 753.